The summed E-state index contributed by atoms with van der Waals surface area (Å²) < 4.78 is 12.4. The Labute approximate surface area is 153 Å². The van der Waals surface area contributed by atoms with Gasteiger partial charge in [-0.05, 0) is 44.2 Å². The van der Waals surface area contributed by atoms with Crippen LogP contribution in [-0.4, -0.2) is 19.7 Å². The number of hydrogen-bond acceptors (Lipinski definition) is 5. The maximum atomic E-state index is 12.0. The lowest BCUT2D eigenvalue weighted by Crippen LogP contribution is -2.15. The molecule has 0 atom stereocenters. The van der Waals surface area contributed by atoms with Gasteiger partial charge in [-0.1, -0.05) is 23.4 Å². The Hall–Kier alpha value is -3.61. The molecule has 0 aliphatic rings. The Bertz CT molecular complexity index is 1300. The first-order valence-corrected chi connectivity index (χ1v) is 8.67. The molecule has 7 nitrogen and oxygen atoms in total. The first-order chi connectivity index (χ1) is 13.1. The number of hydrogen-bond donors (Lipinski definition) is 1. The van der Waals surface area contributed by atoms with Crippen LogP contribution in [0.5, 0.6) is 0 Å². The van der Waals surface area contributed by atoms with E-state index in [1.165, 1.54) is 0 Å². The van der Waals surface area contributed by atoms with Gasteiger partial charge in [-0.2, -0.15) is 4.98 Å². The van der Waals surface area contributed by atoms with Gasteiger partial charge in [0.15, 0.2) is 5.58 Å². The molecule has 0 fully saturated rings. The number of aromatic amines is 1. The van der Waals surface area contributed by atoms with E-state index >= 15 is 0 Å². The van der Waals surface area contributed by atoms with E-state index in [-0.39, 0.29) is 11.8 Å². The van der Waals surface area contributed by atoms with Gasteiger partial charge in [-0.15, -0.1) is 0 Å². The zero-order chi connectivity index (χ0) is 18.5. The van der Waals surface area contributed by atoms with Crippen molar-refractivity contribution in [1.29, 1.82) is 0 Å². The van der Waals surface area contributed by atoms with Crippen LogP contribution in [0.1, 0.15) is 19.9 Å². The normalized spacial score (nSPS) is 11.8. The number of oxazole rings is 1. The SMILES string of the molecule is CC(C)n1c(=O)oc2cc(-c3noc(-c4cc5ccccc5[nH]4)n3)ccc21. The third kappa shape index (κ3) is 2.47. The van der Waals surface area contributed by atoms with Crippen LogP contribution in [0, 0.1) is 0 Å². The van der Waals surface area contributed by atoms with Crippen molar-refractivity contribution in [2.45, 2.75) is 19.9 Å². The molecule has 0 bridgehead atoms. The van der Waals surface area contributed by atoms with Crippen LogP contribution in [0.3, 0.4) is 0 Å². The molecule has 5 rings (SSSR count). The van der Waals surface area contributed by atoms with Crippen molar-refractivity contribution in [3.63, 3.8) is 0 Å². The van der Waals surface area contributed by atoms with Crippen LogP contribution in [-0.2, 0) is 0 Å². The van der Waals surface area contributed by atoms with Crippen LogP contribution in [0.2, 0.25) is 0 Å². The molecule has 0 spiro atoms. The molecule has 0 aliphatic carbocycles. The summed E-state index contributed by atoms with van der Waals surface area (Å²) in [5.41, 5.74) is 3.73. The van der Waals surface area contributed by atoms with Crippen LogP contribution in [0.25, 0.3) is 45.0 Å². The molecule has 3 aromatic heterocycles. The first kappa shape index (κ1) is 15.6. The number of para-hydroxylation sites is 1. The highest BCUT2D eigenvalue weighted by molar-refractivity contribution is 5.84. The molecule has 27 heavy (non-hydrogen) atoms. The lowest BCUT2D eigenvalue weighted by Gasteiger charge is -2.04. The smallest absolute Gasteiger partial charge is 0.408 e. The molecule has 3 heterocycles. The fourth-order valence-corrected chi connectivity index (χ4v) is 3.30. The van der Waals surface area contributed by atoms with Gasteiger partial charge in [0.1, 0.15) is 5.69 Å². The van der Waals surface area contributed by atoms with Crippen molar-refractivity contribution in [3.8, 4) is 23.0 Å². The molecule has 134 valence electrons. The van der Waals surface area contributed by atoms with Crippen molar-refractivity contribution in [2.24, 2.45) is 0 Å². The van der Waals surface area contributed by atoms with Crippen LogP contribution >= 0.6 is 0 Å². The third-order valence-electron chi connectivity index (χ3n) is 4.57. The first-order valence-electron chi connectivity index (χ1n) is 8.67. The second-order valence-corrected chi connectivity index (χ2v) is 6.71. The fourth-order valence-electron chi connectivity index (χ4n) is 3.30. The van der Waals surface area contributed by atoms with E-state index in [2.05, 4.69) is 15.1 Å². The topological polar surface area (TPSA) is 89.9 Å². The Morgan fingerprint density at radius 3 is 2.78 bits per heavy atom. The van der Waals surface area contributed by atoms with Gasteiger partial charge in [0.05, 0.1) is 5.52 Å². The summed E-state index contributed by atoms with van der Waals surface area (Å²) in [6, 6.07) is 15.4. The van der Waals surface area contributed by atoms with Crippen molar-refractivity contribution >= 4 is 22.0 Å². The van der Waals surface area contributed by atoms with Gasteiger partial charge in [-0.3, -0.25) is 4.57 Å². The van der Waals surface area contributed by atoms with Gasteiger partial charge in [0.25, 0.3) is 5.89 Å². The highest BCUT2D eigenvalue weighted by atomic mass is 16.5. The second kappa shape index (κ2) is 5.70. The van der Waals surface area contributed by atoms with E-state index in [1.54, 1.807) is 10.6 Å². The van der Waals surface area contributed by atoms with Crippen molar-refractivity contribution in [3.05, 3.63) is 59.1 Å². The summed E-state index contributed by atoms with van der Waals surface area (Å²) in [6.07, 6.45) is 0. The highest BCUT2D eigenvalue weighted by Crippen LogP contribution is 2.27. The molecule has 0 aliphatic heterocycles. The molecule has 0 saturated carbocycles. The average molecular weight is 360 g/mol. The number of nitrogens with one attached hydrogen (secondary N) is 1. The van der Waals surface area contributed by atoms with Gasteiger partial charge in [-0.25, -0.2) is 4.79 Å². The molecule has 1 N–H and O–H groups in total. The van der Waals surface area contributed by atoms with Gasteiger partial charge in [0, 0.05) is 22.5 Å². The van der Waals surface area contributed by atoms with Gasteiger partial charge < -0.3 is 13.9 Å². The van der Waals surface area contributed by atoms with E-state index in [0.29, 0.717) is 17.3 Å². The largest absolute Gasteiger partial charge is 0.420 e. The molecule has 5 aromatic rings. The zero-order valence-corrected chi connectivity index (χ0v) is 14.8. The predicted molar refractivity (Wildman–Crippen MR) is 101 cm³/mol. The van der Waals surface area contributed by atoms with Crippen LogP contribution in [0.15, 0.2) is 62.3 Å². The summed E-state index contributed by atoms with van der Waals surface area (Å²) >= 11 is 0. The minimum absolute atomic E-state index is 0.0170. The van der Waals surface area contributed by atoms with E-state index in [9.17, 15) is 4.79 Å². The Morgan fingerprint density at radius 1 is 1.11 bits per heavy atom. The standard InChI is InChI=1S/C20H16N4O3/c1-11(2)24-16-8-7-13(10-17(16)26-20(24)25)18-22-19(27-23-18)15-9-12-5-3-4-6-14(12)21-15/h3-11,21H,1-2H3. The molecular formula is C20H16N4O3. The second-order valence-electron chi connectivity index (χ2n) is 6.71. The number of nitrogens with zero attached hydrogens (tertiary/aromatic N) is 3. The zero-order valence-electron chi connectivity index (χ0n) is 14.8. The predicted octanol–water partition coefficient (Wildman–Crippen LogP) is 4.37. The van der Waals surface area contributed by atoms with Gasteiger partial charge >= 0.3 is 5.76 Å². The summed E-state index contributed by atoms with van der Waals surface area (Å²) in [6.45, 7) is 3.88. The maximum absolute atomic E-state index is 12.0. The molecule has 0 amide bonds. The highest BCUT2D eigenvalue weighted by Gasteiger charge is 2.16. The van der Waals surface area contributed by atoms with Crippen molar-refractivity contribution in [2.75, 3.05) is 0 Å². The third-order valence-corrected chi connectivity index (χ3v) is 4.57. The van der Waals surface area contributed by atoms with E-state index < -0.39 is 0 Å². The Kier molecular flexibility index (Phi) is 3.30. The fraction of sp³-hybridized carbons (Fsp3) is 0.150. The summed E-state index contributed by atoms with van der Waals surface area (Å²) in [7, 11) is 0. The average Bonchev–Trinajstić information content (AvgIpc) is 3.36. The molecule has 7 heteroatoms. The Balaban J connectivity index is 1.56. The molecule has 0 saturated heterocycles. The number of fused-ring (bicyclic) bond motifs is 2. The molecule has 0 unspecified atom stereocenters. The summed E-state index contributed by atoms with van der Waals surface area (Å²) in [5, 5.41) is 5.15. The number of H-pyrrole nitrogens is 1. The molecule has 0 radical (unpaired) electrons. The van der Waals surface area contributed by atoms with E-state index in [4.69, 9.17) is 8.94 Å². The molecular weight excluding hydrogens is 344 g/mol. The van der Waals surface area contributed by atoms with E-state index in [1.807, 2.05) is 56.3 Å². The number of rotatable bonds is 3. The monoisotopic (exact) mass is 360 g/mol. The quantitative estimate of drug-likeness (QED) is 0.516. The summed E-state index contributed by atoms with van der Waals surface area (Å²) in [5.74, 6) is 0.469. The van der Waals surface area contributed by atoms with Crippen LogP contribution in [0.4, 0.5) is 0 Å². The van der Waals surface area contributed by atoms with Crippen molar-refractivity contribution in [1.82, 2.24) is 19.7 Å². The minimum atomic E-state index is -0.371. The Morgan fingerprint density at radius 2 is 1.96 bits per heavy atom. The summed E-state index contributed by atoms with van der Waals surface area (Å²) in [4.78, 5) is 19.8. The number of aromatic nitrogens is 4. The number of benzene rings is 2. The minimum Gasteiger partial charge on any atom is -0.408 e. The maximum Gasteiger partial charge on any atom is 0.420 e. The van der Waals surface area contributed by atoms with Gasteiger partial charge in [0.2, 0.25) is 5.82 Å². The lowest BCUT2D eigenvalue weighted by molar-refractivity contribution is 0.431. The van der Waals surface area contributed by atoms with Crippen LogP contribution < -0.4 is 5.76 Å². The molecule has 2 aromatic carbocycles. The van der Waals surface area contributed by atoms with Crippen molar-refractivity contribution < 1.29 is 8.94 Å². The van der Waals surface area contributed by atoms with E-state index in [0.717, 1.165) is 27.7 Å². The lowest BCUT2D eigenvalue weighted by atomic mass is 10.2.